The van der Waals surface area contributed by atoms with Crippen molar-refractivity contribution < 1.29 is 34.1 Å². The number of primary amides is 1. The topological polar surface area (TPSA) is 171 Å². The predicted octanol–water partition coefficient (Wildman–Crippen LogP) is 3.20. The van der Waals surface area contributed by atoms with E-state index in [-0.39, 0.29) is 25.1 Å². The number of phenols is 1. The molecule has 0 aliphatic rings. The third kappa shape index (κ3) is 8.94. The molecule has 0 bridgehead atoms. The molecule has 0 saturated carbocycles. The summed E-state index contributed by atoms with van der Waals surface area (Å²) < 4.78 is 5.29. The molecule has 0 radical (unpaired) electrons. The Balaban J connectivity index is 1.99. The number of nitrogens with two attached hydrogens (primary N) is 1. The number of hydrogen-bond acceptors (Lipinski definition) is 7. The number of nitrogens with zero attached hydrogens (tertiary/aromatic N) is 1. The van der Waals surface area contributed by atoms with E-state index < -0.39 is 48.1 Å². The van der Waals surface area contributed by atoms with E-state index in [0.717, 1.165) is 15.7 Å². The molecule has 11 heteroatoms. The van der Waals surface area contributed by atoms with Crippen LogP contribution in [0.5, 0.6) is 5.75 Å². The zero-order valence-electron chi connectivity index (χ0n) is 23.3. The first kappa shape index (κ1) is 30.9. The van der Waals surface area contributed by atoms with Crippen LogP contribution in [0, 0.1) is 0 Å². The van der Waals surface area contributed by atoms with Crippen molar-refractivity contribution in [3.05, 3.63) is 72.3 Å². The first-order valence-electron chi connectivity index (χ1n) is 13.2. The van der Waals surface area contributed by atoms with Gasteiger partial charge in [0.1, 0.15) is 23.4 Å². The molecule has 3 rings (SSSR count). The minimum absolute atomic E-state index is 0.0478. The van der Waals surface area contributed by atoms with Crippen LogP contribution < -0.4 is 16.4 Å². The highest BCUT2D eigenvalue weighted by atomic mass is 16.6. The van der Waals surface area contributed by atoms with Gasteiger partial charge in [0.05, 0.1) is 6.61 Å². The van der Waals surface area contributed by atoms with E-state index in [1.165, 1.54) is 24.3 Å². The second kappa shape index (κ2) is 13.6. The minimum atomic E-state index is -1.29. The van der Waals surface area contributed by atoms with E-state index in [0.29, 0.717) is 11.3 Å². The van der Waals surface area contributed by atoms with E-state index >= 15 is 0 Å². The Bertz CT molecular complexity index is 1390. The number of benzene rings is 3. The predicted molar refractivity (Wildman–Crippen MR) is 154 cm³/mol. The number of aliphatic hydroxyl groups is 1. The second-order valence-corrected chi connectivity index (χ2v) is 10.5. The second-order valence-electron chi connectivity index (χ2n) is 10.5. The van der Waals surface area contributed by atoms with Gasteiger partial charge in [0.25, 0.3) is 5.91 Å². The van der Waals surface area contributed by atoms with Gasteiger partial charge in [0.2, 0.25) is 11.8 Å². The van der Waals surface area contributed by atoms with Crippen LogP contribution in [0.4, 0.5) is 10.5 Å². The molecule has 0 spiro atoms. The van der Waals surface area contributed by atoms with Crippen LogP contribution in [0.2, 0.25) is 0 Å². The number of aromatic hydroxyl groups is 1. The number of aliphatic hydroxyl groups excluding tert-OH is 1. The molecule has 0 aromatic heterocycles. The number of amides is 4. The minimum Gasteiger partial charge on any atom is -0.508 e. The van der Waals surface area contributed by atoms with E-state index in [1.54, 1.807) is 32.9 Å². The number of rotatable bonds is 11. The molecule has 11 nitrogen and oxygen atoms in total. The lowest BCUT2D eigenvalue weighted by Gasteiger charge is -2.34. The molecule has 0 saturated heterocycles. The molecule has 4 amide bonds. The van der Waals surface area contributed by atoms with E-state index in [4.69, 9.17) is 10.5 Å². The molecule has 0 heterocycles. The first-order valence-corrected chi connectivity index (χ1v) is 13.2. The molecule has 6 N–H and O–H groups in total. The Hall–Kier alpha value is -4.64. The van der Waals surface area contributed by atoms with Gasteiger partial charge < -0.3 is 36.2 Å². The number of fused-ring (bicyclic) bond motifs is 1. The summed E-state index contributed by atoms with van der Waals surface area (Å²) in [6, 6.07) is 16.1. The number of carbonyl (C=O) groups is 4. The molecule has 3 aromatic rings. The molecular weight excluding hydrogens is 528 g/mol. The zero-order valence-corrected chi connectivity index (χ0v) is 23.3. The van der Waals surface area contributed by atoms with E-state index in [9.17, 15) is 29.4 Å². The summed E-state index contributed by atoms with van der Waals surface area (Å²) in [6.45, 7) is 4.19. The van der Waals surface area contributed by atoms with Crippen molar-refractivity contribution in [2.75, 3.05) is 18.5 Å². The van der Waals surface area contributed by atoms with Crippen molar-refractivity contribution in [2.45, 2.75) is 51.3 Å². The van der Waals surface area contributed by atoms with Gasteiger partial charge in [0.15, 0.2) is 0 Å². The fourth-order valence-electron chi connectivity index (χ4n) is 4.28. The Morgan fingerprint density at radius 3 is 2.24 bits per heavy atom. The first-order chi connectivity index (χ1) is 19.4. The number of phenolic OH excluding ortho intramolecular Hbond substituents is 1. The summed E-state index contributed by atoms with van der Waals surface area (Å²) in [4.78, 5) is 53.0. The standard InChI is InChI=1S/C30H36N4O7/c1-30(2,3)41-29(40)33-24(14-15-25(31)37)28(39)34(16-17-35)26(20-9-12-23(36)13-10-20)27(38)32-22-11-8-19-6-4-5-7-21(19)18-22/h4-13,18,24,26,35-36H,14-17H2,1-3H3,(H2,31,37)(H,32,38)(H,33,40). The summed E-state index contributed by atoms with van der Waals surface area (Å²) in [7, 11) is 0. The molecule has 2 unspecified atom stereocenters. The number of alkyl carbamates (subject to hydrolysis) is 1. The van der Waals surface area contributed by atoms with Crippen molar-refractivity contribution >= 4 is 40.3 Å². The number of nitrogens with one attached hydrogen (secondary N) is 2. The van der Waals surface area contributed by atoms with Gasteiger partial charge >= 0.3 is 6.09 Å². The molecule has 41 heavy (non-hydrogen) atoms. The van der Waals surface area contributed by atoms with Gasteiger partial charge in [-0.3, -0.25) is 14.4 Å². The van der Waals surface area contributed by atoms with Crippen LogP contribution in [0.25, 0.3) is 10.8 Å². The summed E-state index contributed by atoms with van der Waals surface area (Å²) in [5.74, 6) is -2.07. The molecule has 0 aliphatic heterocycles. The maximum Gasteiger partial charge on any atom is 0.408 e. The maximum absolute atomic E-state index is 13.9. The third-order valence-electron chi connectivity index (χ3n) is 6.08. The van der Waals surface area contributed by atoms with Gasteiger partial charge in [-0.2, -0.15) is 0 Å². The summed E-state index contributed by atoms with van der Waals surface area (Å²) >= 11 is 0. The molecule has 218 valence electrons. The van der Waals surface area contributed by atoms with Crippen molar-refractivity contribution in [3.8, 4) is 5.75 Å². The van der Waals surface area contributed by atoms with Crippen LogP contribution in [0.1, 0.15) is 45.2 Å². The number of hydrogen-bond donors (Lipinski definition) is 5. The van der Waals surface area contributed by atoms with Crippen molar-refractivity contribution in [3.63, 3.8) is 0 Å². The van der Waals surface area contributed by atoms with Gasteiger partial charge in [0, 0.05) is 18.7 Å². The Morgan fingerprint density at radius 1 is 0.976 bits per heavy atom. The van der Waals surface area contributed by atoms with Crippen molar-refractivity contribution in [1.82, 2.24) is 10.2 Å². The Labute approximate surface area is 238 Å². The fraction of sp³-hybridized carbons (Fsp3) is 0.333. The average Bonchev–Trinajstić information content (AvgIpc) is 2.90. The third-order valence-corrected chi connectivity index (χ3v) is 6.08. The molecule has 0 aliphatic carbocycles. The van der Waals surface area contributed by atoms with Gasteiger partial charge in [-0.15, -0.1) is 0 Å². The van der Waals surface area contributed by atoms with Gasteiger partial charge in [-0.1, -0.05) is 42.5 Å². The summed E-state index contributed by atoms with van der Waals surface area (Å²) in [6.07, 6.45) is -1.29. The highest BCUT2D eigenvalue weighted by Crippen LogP contribution is 2.27. The lowest BCUT2D eigenvalue weighted by atomic mass is 10.0. The van der Waals surface area contributed by atoms with Crippen LogP contribution in [-0.2, 0) is 19.1 Å². The van der Waals surface area contributed by atoms with Crippen molar-refractivity contribution in [2.24, 2.45) is 5.73 Å². The number of anilines is 1. The highest BCUT2D eigenvalue weighted by molar-refractivity contribution is 6.00. The SMILES string of the molecule is CC(C)(C)OC(=O)NC(CCC(N)=O)C(=O)N(CCO)C(C(=O)Nc1ccc2ccccc2c1)c1ccc(O)cc1. The largest absolute Gasteiger partial charge is 0.508 e. The van der Waals surface area contributed by atoms with Crippen LogP contribution in [0.3, 0.4) is 0 Å². The molecule has 3 aromatic carbocycles. The molecule has 0 fully saturated rings. The average molecular weight is 565 g/mol. The lowest BCUT2D eigenvalue weighted by Crippen LogP contribution is -2.53. The monoisotopic (exact) mass is 564 g/mol. The maximum atomic E-state index is 13.9. The summed E-state index contributed by atoms with van der Waals surface area (Å²) in [5, 5.41) is 26.9. The summed E-state index contributed by atoms with van der Waals surface area (Å²) in [5.41, 5.74) is 5.27. The molecular formula is C30H36N4O7. The Morgan fingerprint density at radius 2 is 1.63 bits per heavy atom. The van der Waals surface area contributed by atoms with Crippen LogP contribution >= 0.6 is 0 Å². The van der Waals surface area contributed by atoms with Gasteiger partial charge in [-0.25, -0.2) is 4.79 Å². The quantitative estimate of drug-likeness (QED) is 0.238. The van der Waals surface area contributed by atoms with Crippen molar-refractivity contribution in [1.29, 1.82) is 0 Å². The number of ether oxygens (including phenoxy) is 1. The normalized spacial score (nSPS) is 12.7. The van der Waals surface area contributed by atoms with Crippen LogP contribution in [-0.4, -0.2) is 63.7 Å². The number of carbonyl (C=O) groups excluding carboxylic acids is 4. The highest BCUT2D eigenvalue weighted by Gasteiger charge is 2.36. The smallest absolute Gasteiger partial charge is 0.408 e. The van der Waals surface area contributed by atoms with E-state index in [1.807, 2.05) is 30.3 Å². The molecule has 2 atom stereocenters. The zero-order chi connectivity index (χ0) is 30.2. The lowest BCUT2D eigenvalue weighted by molar-refractivity contribution is -0.141. The fourth-order valence-corrected chi connectivity index (χ4v) is 4.28. The van der Waals surface area contributed by atoms with E-state index in [2.05, 4.69) is 10.6 Å². The van der Waals surface area contributed by atoms with Crippen LogP contribution in [0.15, 0.2) is 66.7 Å². The van der Waals surface area contributed by atoms with Gasteiger partial charge in [-0.05, 0) is 67.8 Å². The Kier molecular flexibility index (Phi) is 10.3.